The molecule has 1 unspecified atom stereocenters. The lowest BCUT2D eigenvalue weighted by Gasteiger charge is -2.25. The van der Waals surface area contributed by atoms with Crippen molar-refractivity contribution in [3.63, 3.8) is 0 Å². The van der Waals surface area contributed by atoms with E-state index >= 15 is 0 Å². The van der Waals surface area contributed by atoms with Crippen LogP contribution in [0.15, 0.2) is 53.5 Å². The number of halogens is 4. The zero-order valence-corrected chi connectivity index (χ0v) is 13.4. The van der Waals surface area contributed by atoms with Crippen molar-refractivity contribution in [2.45, 2.75) is 12.4 Å². The van der Waals surface area contributed by atoms with Crippen LogP contribution in [0.2, 0.25) is 5.02 Å². The summed E-state index contributed by atoms with van der Waals surface area (Å²) in [6.07, 6.45) is -6.58. The number of amides is 1. The summed E-state index contributed by atoms with van der Waals surface area (Å²) < 4.78 is 38.8. The van der Waals surface area contributed by atoms with Gasteiger partial charge in [0.2, 0.25) is 6.23 Å². The van der Waals surface area contributed by atoms with Gasteiger partial charge in [-0.05, 0) is 18.2 Å². The highest BCUT2D eigenvalue weighted by Crippen LogP contribution is 2.32. The van der Waals surface area contributed by atoms with E-state index in [2.05, 4.69) is 4.99 Å². The number of benzodiazepines with no additional fused rings is 1. The van der Waals surface area contributed by atoms with Crippen LogP contribution in [-0.2, 0) is 4.79 Å². The number of fused-ring (bicyclic) bond motifs is 1. The van der Waals surface area contributed by atoms with E-state index in [1.807, 2.05) is 0 Å². The third kappa shape index (κ3) is 3.67. The molecule has 0 saturated heterocycles. The van der Waals surface area contributed by atoms with E-state index < -0.39 is 24.9 Å². The summed E-state index contributed by atoms with van der Waals surface area (Å²) in [5, 5.41) is 10.3. The van der Waals surface area contributed by atoms with Crippen molar-refractivity contribution in [2.75, 3.05) is 11.4 Å². The third-order valence-corrected chi connectivity index (χ3v) is 3.86. The molecule has 1 heterocycles. The predicted octanol–water partition coefficient (Wildman–Crippen LogP) is 3.40. The Labute approximate surface area is 146 Å². The topological polar surface area (TPSA) is 52.9 Å². The Balaban J connectivity index is 2.22. The van der Waals surface area contributed by atoms with Crippen LogP contribution in [0.3, 0.4) is 0 Å². The fourth-order valence-corrected chi connectivity index (χ4v) is 2.78. The van der Waals surface area contributed by atoms with Crippen LogP contribution in [0.1, 0.15) is 11.1 Å². The minimum Gasteiger partial charge on any atom is -0.364 e. The van der Waals surface area contributed by atoms with E-state index in [9.17, 15) is 23.1 Å². The highest BCUT2D eigenvalue weighted by atomic mass is 35.5. The fraction of sp³-hybridized carbons (Fsp3) is 0.176. The summed E-state index contributed by atoms with van der Waals surface area (Å²) in [6.45, 7) is -1.53. The number of hydrogen-bond donors (Lipinski definition) is 1. The maximum atomic E-state index is 12.9. The second-order valence-corrected chi connectivity index (χ2v) is 5.85. The molecule has 25 heavy (non-hydrogen) atoms. The summed E-state index contributed by atoms with van der Waals surface area (Å²) in [7, 11) is 0. The molecule has 1 aliphatic rings. The van der Waals surface area contributed by atoms with E-state index in [-0.39, 0.29) is 22.0 Å². The number of aliphatic hydroxyl groups excluding tert-OH is 1. The van der Waals surface area contributed by atoms with Crippen LogP contribution in [0.5, 0.6) is 0 Å². The van der Waals surface area contributed by atoms with Crippen molar-refractivity contribution in [2.24, 2.45) is 4.99 Å². The number of rotatable bonds is 2. The number of hydrogen-bond acceptors (Lipinski definition) is 3. The number of carbonyl (C=O) groups excluding carboxylic acids is 1. The first-order valence-corrected chi connectivity index (χ1v) is 7.63. The molecule has 1 amide bonds. The van der Waals surface area contributed by atoms with Crippen LogP contribution in [0.25, 0.3) is 0 Å². The fourth-order valence-electron chi connectivity index (χ4n) is 2.61. The molecule has 0 radical (unpaired) electrons. The van der Waals surface area contributed by atoms with Crippen molar-refractivity contribution in [1.29, 1.82) is 0 Å². The second kappa shape index (κ2) is 6.50. The highest BCUT2D eigenvalue weighted by Gasteiger charge is 2.39. The van der Waals surface area contributed by atoms with Gasteiger partial charge in [-0.15, -0.1) is 0 Å². The average Bonchev–Trinajstić information content (AvgIpc) is 2.65. The van der Waals surface area contributed by atoms with Gasteiger partial charge < -0.3 is 5.11 Å². The second-order valence-electron chi connectivity index (χ2n) is 5.42. The van der Waals surface area contributed by atoms with Crippen LogP contribution < -0.4 is 4.90 Å². The number of alkyl halides is 3. The first kappa shape index (κ1) is 17.4. The highest BCUT2D eigenvalue weighted by molar-refractivity contribution is 6.32. The summed E-state index contributed by atoms with van der Waals surface area (Å²) in [5.74, 6) is -1.15. The van der Waals surface area contributed by atoms with Gasteiger partial charge in [-0.2, -0.15) is 13.2 Å². The minimum atomic E-state index is -4.64. The van der Waals surface area contributed by atoms with E-state index in [1.165, 1.54) is 18.2 Å². The molecule has 130 valence electrons. The number of carbonyl (C=O) groups is 1. The van der Waals surface area contributed by atoms with Crippen LogP contribution in [0.4, 0.5) is 18.9 Å². The summed E-state index contributed by atoms with van der Waals surface area (Å²) >= 11 is 5.99. The molecule has 1 N–H and O–H groups in total. The summed E-state index contributed by atoms with van der Waals surface area (Å²) in [6, 6.07) is 12.7. The molecule has 0 saturated carbocycles. The van der Waals surface area contributed by atoms with Gasteiger partial charge in [-0.1, -0.05) is 41.9 Å². The molecule has 2 aromatic rings. The van der Waals surface area contributed by atoms with Crippen molar-refractivity contribution >= 4 is 28.9 Å². The van der Waals surface area contributed by atoms with Gasteiger partial charge in [0, 0.05) is 16.1 Å². The van der Waals surface area contributed by atoms with E-state index in [4.69, 9.17) is 11.6 Å². The monoisotopic (exact) mass is 368 g/mol. The van der Waals surface area contributed by atoms with Gasteiger partial charge in [0.15, 0.2) is 0 Å². The Bertz CT molecular complexity index is 838. The average molecular weight is 369 g/mol. The van der Waals surface area contributed by atoms with Gasteiger partial charge >= 0.3 is 6.18 Å². The largest absolute Gasteiger partial charge is 0.406 e. The van der Waals surface area contributed by atoms with E-state index in [1.54, 1.807) is 30.3 Å². The van der Waals surface area contributed by atoms with Gasteiger partial charge in [0.25, 0.3) is 5.91 Å². The smallest absolute Gasteiger partial charge is 0.364 e. The van der Waals surface area contributed by atoms with E-state index in [0.717, 1.165) is 0 Å². The lowest BCUT2D eigenvalue weighted by Crippen LogP contribution is -2.43. The standard InChI is InChI=1S/C17H12ClF3N2O2/c18-11-6-7-13-12(8-11)14(10-4-2-1-3-5-10)22-15(24)16(25)23(13)9-17(19,20)21/h1-8,15,24H,9H2. The number of anilines is 1. The molecule has 0 spiro atoms. The SMILES string of the molecule is O=C1C(O)N=C(c2ccccc2)c2cc(Cl)ccc2N1CC(F)(F)F. The molecule has 8 heteroatoms. The van der Waals surface area contributed by atoms with Crippen LogP contribution in [0, 0.1) is 0 Å². The molecule has 3 rings (SSSR count). The zero-order valence-electron chi connectivity index (χ0n) is 12.7. The van der Waals surface area contributed by atoms with Gasteiger partial charge in [-0.25, -0.2) is 4.99 Å². The number of aliphatic imine (C=N–C) groups is 1. The molecule has 4 nitrogen and oxygen atoms in total. The Kier molecular flexibility index (Phi) is 4.53. The Morgan fingerprint density at radius 3 is 2.48 bits per heavy atom. The maximum Gasteiger partial charge on any atom is 0.406 e. The predicted molar refractivity (Wildman–Crippen MR) is 87.9 cm³/mol. The van der Waals surface area contributed by atoms with Crippen LogP contribution in [-0.4, -0.2) is 35.7 Å². The number of nitrogens with zero attached hydrogens (tertiary/aromatic N) is 2. The molecule has 2 aromatic carbocycles. The number of aliphatic hydroxyl groups is 1. The van der Waals surface area contributed by atoms with Crippen molar-refractivity contribution < 1.29 is 23.1 Å². The first-order chi connectivity index (χ1) is 11.8. The van der Waals surface area contributed by atoms with Gasteiger partial charge in [0.05, 0.1) is 11.4 Å². The Hall–Kier alpha value is -2.38. The molecule has 1 aliphatic heterocycles. The molecular weight excluding hydrogens is 357 g/mol. The maximum absolute atomic E-state index is 12.9. The normalized spacial score (nSPS) is 17.8. The molecule has 0 aromatic heterocycles. The van der Waals surface area contributed by atoms with Crippen molar-refractivity contribution in [3.05, 3.63) is 64.7 Å². The van der Waals surface area contributed by atoms with E-state index in [0.29, 0.717) is 10.5 Å². The quantitative estimate of drug-likeness (QED) is 0.883. The first-order valence-electron chi connectivity index (χ1n) is 7.25. The van der Waals surface area contributed by atoms with Gasteiger partial charge in [0.1, 0.15) is 6.54 Å². The molecule has 1 atom stereocenters. The molecular formula is C17H12ClF3N2O2. The molecule has 0 aliphatic carbocycles. The van der Waals surface area contributed by atoms with Gasteiger partial charge in [-0.3, -0.25) is 9.69 Å². The van der Waals surface area contributed by atoms with Crippen molar-refractivity contribution in [1.82, 2.24) is 0 Å². The third-order valence-electron chi connectivity index (χ3n) is 3.63. The molecule has 0 bridgehead atoms. The lowest BCUT2D eigenvalue weighted by molar-refractivity contribution is -0.137. The molecule has 0 fully saturated rings. The van der Waals surface area contributed by atoms with Crippen molar-refractivity contribution in [3.8, 4) is 0 Å². The minimum absolute atomic E-state index is 0.00845. The Morgan fingerprint density at radius 2 is 1.84 bits per heavy atom. The zero-order chi connectivity index (χ0) is 18.2. The summed E-state index contributed by atoms with van der Waals surface area (Å²) in [5.41, 5.74) is 0.981. The lowest BCUT2D eigenvalue weighted by atomic mass is 10.00. The Morgan fingerprint density at radius 1 is 1.16 bits per heavy atom. The number of benzene rings is 2. The van der Waals surface area contributed by atoms with Crippen LogP contribution >= 0.6 is 11.6 Å². The summed E-state index contributed by atoms with van der Waals surface area (Å²) in [4.78, 5) is 16.7.